The van der Waals surface area contributed by atoms with Crippen LogP contribution in [0.25, 0.3) is 0 Å². The van der Waals surface area contributed by atoms with E-state index in [4.69, 9.17) is 16.3 Å². The summed E-state index contributed by atoms with van der Waals surface area (Å²) in [6, 6.07) is 5.36. The number of fused-ring (bicyclic) bond motifs is 1. The zero-order valence-electron chi connectivity index (χ0n) is 11.9. The first-order chi connectivity index (χ1) is 10.6. The molecule has 0 bridgehead atoms. The van der Waals surface area contributed by atoms with Crippen LogP contribution in [0.2, 0.25) is 5.02 Å². The molecular formula is C15H17ClN2O3S. The SMILES string of the molecule is O=C(C[C@H]1Sc2ccc(Cl)cc2NC1=O)NC[C@@H]1CCCO1. The Kier molecular flexibility index (Phi) is 4.90. The van der Waals surface area contributed by atoms with Gasteiger partial charge in [0, 0.05) is 29.5 Å². The molecule has 2 heterocycles. The lowest BCUT2D eigenvalue weighted by Gasteiger charge is -2.24. The fourth-order valence-corrected chi connectivity index (χ4v) is 3.79. The highest BCUT2D eigenvalue weighted by atomic mass is 35.5. The monoisotopic (exact) mass is 340 g/mol. The molecule has 7 heteroatoms. The lowest BCUT2D eigenvalue weighted by Crippen LogP contribution is -2.37. The second-order valence-corrected chi connectivity index (χ2v) is 7.06. The number of rotatable bonds is 4. The standard InChI is InChI=1S/C15H17ClN2O3S/c16-9-3-4-12-11(6-9)18-15(20)13(22-12)7-14(19)17-8-10-2-1-5-21-10/h3-4,6,10,13H,1-2,5,7-8H2,(H,17,19)(H,18,20)/t10-,13+/m0/s1. The van der Waals surface area contributed by atoms with E-state index in [1.165, 1.54) is 11.8 Å². The first-order valence-electron chi connectivity index (χ1n) is 7.27. The van der Waals surface area contributed by atoms with Crippen molar-refractivity contribution in [3.8, 4) is 0 Å². The fraction of sp³-hybridized carbons (Fsp3) is 0.467. The molecule has 118 valence electrons. The zero-order valence-corrected chi connectivity index (χ0v) is 13.5. The van der Waals surface area contributed by atoms with Gasteiger partial charge in [-0.1, -0.05) is 11.6 Å². The number of amides is 2. The molecule has 0 radical (unpaired) electrons. The van der Waals surface area contributed by atoms with Crippen molar-refractivity contribution >= 4 is 40.9 Å². The van der Waals surface area contributed by atoms with Gasteiger partial charge in [-0.05, 0) is 31.0 Å². The predicted octanol–water partition coefficient (Wildman–Crippen LogP) is 2.44. The molecule has 1 aromatic rings. The van der Waals surface area contributed by atoms with E-state index in [0.717, 1.165) is 24.3 Å². The quantitative estimate of drug-likeness (QED) is 0.883. The van der Waals surface area contributed by atoms with Crippen LogP contribution >= 0.6 is 23.4 Å². The molecule has 2 amide bonds. The van der Waals surface area contributed by atoms with Crippen LogP contribution in [0.3, 0.4) is 0 Å². The molecule has 0 aromatic heterocycles. The summed E-state index contributed by atoms with van der Waals surface area (Å²) < 4.78 is 5.46. The number of benzene rings is 1. The average Bonchev–Trinajstić information content (AvgIpc) is 2.99. The van der Waals surface area contributed by atoms with Crippen molar-refractivity contribution < 1.29 is 14.3 Å². The third-order valence-electron chi connectivity index (χ3n) is 3.68. The van der Waals surface area contributed by atoms with E-state index < -0.39 is 5.25 Å². The van der Waals surface area contributed by atoms with E-state index in [2.05, 4.69) is 10.6 Å². The Morgan fingerprint density at radius 1 is 1.50 bits per heavy atom. The van der Waals surface area contributed by atoms with Crippen molar-refractivity contribution in [3.05, 3.63) is 23.2 Å². The molecule has 1 saturated heterocycles. The summed E-state index contributed by atoms with van der Waals surface area (Å²) in [5.41, 5.74) is 0.707. The van der Waals surface area contributed by atoms with E-state index in [9.17, 15) is 9.59 Å². The number of halogens is 1. The molecular weight excluding hydrogens is 324 g/mol. The maximum Gasteiger partial charge on any atom is 0.238 e. The van der Waals surface area contributed by atoms with E-state index in [1.807, 2.05) is 6.07 Å². The first kappa shape index (κ1) is 15.6. The van der Waals surface area contributed by atoms with E-state index in [0.29, 0.717) is 17.3 Å². The second kappa shape index (κ2) is 6.89. The van der Waals surface area contributed by atoms with Gasteiger partial charge in [-0.25, -0.2) is 0 Å². The maximum atomic E-state index is 12.1. The first-order valence-corrected chi connectivity index (χ1v) is 8.53. The van der Waals surface area contributed by atoms with Crippen molar-refractivity contribution in [1.29, 1.82) is 0 Å². The number of hydrogen-bond donors (Lipinski definition) is 2. The van der Waals surface area contributed by atoms with Gasteiger partial charge in [0.1, 0.15) is 0 Å². The van der Waals surface area contributed by atoms with Gasteiger partial charge in [-0.3, -0.25) is 9.59 Å². The molecule has 0 spiro atoms. The van der Waals surface area contributed by atoms with E-state index >= 15 is 0 Å². The molecule has 2 atom stereocenters. The van der Waals surface area contributed by atoms with Crippen molar-refractivity contribution in [3.63, 3.8) is 0 Å². The summed E-state index contributed by atoms with van der Waals surface area (Å²) >= 11 is 7.31. The summed E-state index contributed by atoms with van der Waals surface area (Å²) in [5, 5.41) is 5.81. The Morgan fingerprint density at radius 3 is 3.14 bits per heavy atom. The van der Waals surface area contributed by atoms with Gasteiger partial charge in [0.2, 0.25) is 11.8 Å². The van der Waals surface area contributed by atoms with Crippen LogP contribution in [0.15, 0.2) is 23.1 Å². The minimum absolute atomic E-state index is 0.111. The highest BCUT2D eigenvalue weighted by molar-refractivity contribution is 8.01. The summed E-state index contributed by atoms with van der Waals surface area (Å²) in [6.45, 7) is 1.28. The van der Waals surface area contributed by atoms with Crippen LogP contribution in [0.5, 0.6) is 0 Å². The van der Waals surface area contributed by atoms with Gasteiger partial charge in [0.15, 0.2) is 0 Å². The highest BCUT2D eigenvalue weighted by Gasteiger charge is 2.29. The topological polar surface area (TPSA) is 67.4 Å². The molecule has 2 N–H and O–H groups in total. The fourth-order valence-electron chi connectivity index (χ4n) is 2.53. The Morgan fingerprint density at radius 2 is 2.36 bits per heavy atom. The Bertz CT molecular complexity index is 590. The summed E-state index contributed by atoms with van der Waals surface area (Å²) in [5.74, 6) is -0.285. The van der Waals surface area contributed by atoms with Crippen LogP contribution in [-0.4, -0.2) is 36.3 Å². The van der Waals surface area contributed by atoms with Gasteiger partial charge in [-0.15, -0.1) is 11.8 Å². The molecule has 22 heavy (non-hydrogen) atoms. The van der Waals surface area contributed by atoms with E-state index in [1.54, 1.807) is 12.1 Å². The number of anilines is 1. The van der Waals surface area contributed by atoms with Gasteiger partial charge >= 0.3 is 0 Å². The molecule has 2 aliphatic rings. The predicted molar refractivity (Wildman–Crippen MR) is 86.3 cm³/mol. The Labute approximate surface area is 138 Å². The largest absolute Gasteiger partial charge is 0.376 e. The van der Waals surface area contributed by atoms with Crippen molar-refractivity contribution in [2.24, 2.45) is 0 Å². The van der Waals surface area contributed by atoms with Gasteiger partial charge in [0.05, 0.1) is 17.0 Å². The van der Waals surface area contributed by atoms with Gasteiger partial charge in [-0.2, -0.15) is 0 Å². The minimum Gasteiger partial charge on any atom is -0.376 e. The number of hydrogen-bond acceptors (Lipinski definition) is 4. The molecule has 0 unspecified atom stereocenters. The van der Waals surface area contributed by atoms with Crippen molar-refractivity contribution in [1.82, 2.24) is 5.32 Å². The van der Waals surface area contributed by atoms with Crippen LogP contribution in [-0.2, 0) is 14.3 Å². The van der Waals surface area contributed by atoms with Crippen molar-refractivity contribution in [2.45, 2.75) is 35.5 Å². The third-order valence-corrected chi connectivity index (χ3v) is 5.19. The Hall–Kier alpha value is -1.24. The van der Waals surface area contributed by atoms with Crippen LogP contribution < -0.4 is 10.6 Å². The lowest BCUT2D eigenvalue weighted by atomic mass is 10.2. The number of carbonyl (C=O) groups excluding carboxylic acids is 2. The van der Waals surface area contributed by atoms with Gasteiger partial charge < -0.3 is 15.4 Å². The third kappa shape index (κ3) is 3.74. The maximum absolute atomic E-state index is 12.1. The number of thioether (sulfide) groups is 1. The summed E-state index contributed by atoms with van der Waals surface area (Å²) in [4.78, 5) is 25.0. The molecule has 2 aliphatic heterocycles. The summed E-state index contributed by atoms with van der Waals surface area (Å²) in [7, 11) is 0. The van der Waals surface area contributed by atoms with Crippen LogP contribution in [0.4, 0.5) is 5.69 Å². The average molecular weight is 341 g/mol. The highest BCUT2D eigenvalue weighted by Crippen LogP contribution is 2.38. The van der Waals surface area contributed by atoms with Crippen molar-refractivity contribution in [2.75, 3.05) is 18.5 Å². The molecule has 1 aromatic carbocycles. The molecule has 3 rings (SSSR count). The van der Waals surface area contributed by atoms with Crippen LogP contribution in [0.1, 0.15) is 19.3 Å². The van der Waals surface area contributed by atoms with Gasteiger partial charge in [0.25, 0.3) is 0 Å². The van der Waals surface area contributed by atoms with E-state index in [-0.39, 0.29) is 24.3 Å². The number of nitrogens with one attached hydrogen (secondary N) is 2. The lowest BCUT2D eigenvalue weighted by molar-refractivity contribution is -0.124. The molecule has 1 fully saturated rings. The Balaban J connectivity index is 1.55. The van der Waals surface area contributed by atoms with Crippen LogP contribution in [0, 0.1) is 0 Å². The smallest absolute Gasteiger partial charge is 0.238 e. The normalized spacial score (nSPS) is 23.8. The molecule has 0 aliphatic carbocycles. The molecule has 5 nitrogen and oxygen atoms in total. The zero-order chi connectivity index (χ0) is 15.5. The summed E-state index contributed by atoms with van der Waals surface area (Å²) in [6.07, 6.45) is 2.29. The molecule has 0 saturated carbocycles. The second-order valence-electron chi connectivity index (χ2n) is 5.38. The number of ether oxygens (including phenoxy) is 1. The number of carbonyl (C=O) groups is 2. The minimum atomic E-state index is -0.418.